The quantitative estimate of drug-likeness (QED) is 0.0468. The van der Waals surface area contributed by atoms with Crippen molar-refractivity contribution in [3.05, 3.63) is 154 Å². The summed E-state index contributed by atoms with van der Waals surface area (Å²) in [5.74, 6) is -1.48. The van der Waals surface area contributed by atoms with Crippen molar-refractivity contribution in [2.75, 3.05) is 32.2 Å². The van der Waals surface area contributed by atoms with Crippen LogP contribution in [-0.2, 0) is 62.9 Å². The second-order valence-corrected chi connectivity index (χ2v) is 23.0. The van der Waals surface area contributed by atoms with Crippen LogP contribution in [0, 0.1) is 17.0 Å². The van der Waals surface area contributed by atoms with Crippen molar-refractivity contribution >= 4 is 35.4 Å². The molecule has 4 N–H and O–H groups in total. The van der Waals surface area contributed by atoms with Crippen LogP contribution < -0.4 is 26.0 Å². The van der Waals surface area contributed by atoms with Gasteiger partial charge in [0.05, 0.1) is 19.2 Å². The van der Waals surface area contributed by atoms with Crippen molar-refractivity contribution in [1.82, 2.24) is 50.5 Å². The Kier molecular flexibility index (Phi) is 19.9. The number of ether oxygens (including phenoxy) is 3. The van der Waals surface area contributed by atoms with Gasteiger partial charge in [0.1, 0.15) is 53.1 Å². The average molecular weight is 1140 g/mol. The summed E-state index contributed by atoms with van der Waals surface area (Å²) in [6, 6.07) is 22.7. The molecule has 19 nitrogen and oxygen atoms in total. The summed E-state index contributed by atoms with van der Waals surface area (Å²) < 4.78 is 48.1. The predicted octanol–water partition coefficient (Wildman–Crippen LogP) is 8.66. The van der Waals surface area contributed by atoms with Crippen LogP contribution >= 0.6 is 0 Å². The standard InChI is InChI=1S/C62H75F2N11O8/c1-39(73(8)60(80)83-62(5,6)7)56(76)70-54(61(2,3)4)59(79)75-37-43-33-45(25-24-41(43)34-52(75)58(78)69-50-23-12-17-40-16-9-10-20-46(40)50)82-31-15-30-81-29-14-28-74-53(71-72-55(74)51-26-27-65-38-68-51)36-66-44-19-11-18-42(32-44)57(77)67-35-47-48(63)21-13-22-49(47)64/h9-11,13,16,18-22,24-27,32-33,38-39,50,52,54,66H,12,14-15,17,23,28-31,34-37H2,1-8H3,(H,67,77)(H,69,78)(H,70,76)/t39-,50+,52?,54+/m0/s1. The minimum absolute atomic E-state index is 0.0858. The molecule has 440 valence electrons. The van der Waals surface area contributed by atoms with Crippen LogP contribution in [0.1, 0.15) is 124 Å². The largest absolute Gasteiger partial charge is 0.493 e. The lowest BCUT2D eigenvalue weighted by Crippen LogP contribution is -2.62. The molecule has 3 heterocycles. The van der Waals surface area contributed by atoms with E-state index in [-0.39, 0.29) is 43.6 Å². The molecule has 4 atom stereocenters. The zero-order chi connectivity index (χ0) is 59.4. The highest BCUT2D eigenvalue weighted by molar-refractivity contribution is 5.96. The van der Waals surface area contributed by atoms with Crippen LogP contribution in [0.3, 0.4) is 0 Å². The van der Waals surface area contributed by atoms with E-state index in [9.17, 15) is 28.0 Å². The number of likely N-dealkylation sites (N-methyl/N-ethyl adjacent to an activating group) is 1. The van der Waals surface area contributed by atoms with Crippen molar-refractivity contribution in [3.8, 4) is 17.3 Å². The molecule has 1 aliphatic carbocycles. The van der Waals surface area contributed by atoms with Gasteiger partial charge in [-0.1, -0.05) is 63.2 Å². The van der Waals surface area contributed by atoms with E-state index in [1.165, 1.54) is 29.9 Å². The average Bonchev–Trinajstić information content (AvgIpc) is 3.77. The number of carbonyl (C=O) groups excluding carboxylic acids is 5. The van der Waals surface area contributed by atoms with Crippen LogP contribution in [0.25, 0.3) is 11.5 Å². The Morgan fingerprint density at radius 1 is 0.831 bits per heavy atom. The highest BCUT2D eigenvalue weighted by atomic mass is 19.1. The van der Waals surface area contributed by atoms with Crippen molar-refractivity contribution in [2.24, 2.45) is 5.41 Å². The molecule has 8 rings (SSSR count). The van der Waals surface area contributed by atoms with Gasteiger partial charge in [-0.05, 0) is 130 Å². The van der Waals surface area contributed by atoms with Crippen LogP contribution in [0.15, 0.2) is 104 Å². The fraction of sp³-hybridized carbons (Fsp3) is 0.435. The molecule has 83 heavy (non-hydrogen) atoms. The number of carbonyl (C=O) groups is 5. The number of benzene rings is 4. The monoisotopic (exact) mass is 1140 g/mol. The third-order valence-corrected chi connectivity index (χ3v) is 14.7. The Labute approximate surface area is 483 Å². The predicted molar refractivity (Wildman–Crippen MR) is 307 cm³/mol. The molecule has 6 aromatic rings. The highest BCUT2D eigenvalue weighted by Crippen LogP contribution is 2.34. The number of amides is 5. The SMILES string of the molecule is C[C@@H](C(=O)N[C@H](C(=O)N1Cc2cc(OCCCOCCCn3c(CNc4cccc(C(=O)NCc5c(F)cccc5F)c4)nnc3-c3ccncn3)ccc2CC1C(=O)N[C@@H]1CCCc2ccccc21)C(C)(C)C)N(C)C(=O)OC(C)(C)C. The third kappa shape index (κ3) is 15.8. The molecule has 21 heteroatoms. The molecule has 0 radical (unpaired) electrons. The molecule has 2 aromatic heterocycles. The molecule has 5 amide bonds. The van der Waals surface area contributed by atoms with Crippen LogP contribution in [-0.4, -0.2) is 115 Å². The summed E-state index contributed by atoms with van der Waals surface area (Å²) in [5.41, 5.74) is 3.68. The van der Waals surface area contributed by atoms with Crippen LogP contribution in [0.4, 0.5) is 19.3 Å². The minimum Gasteiger partial charge on any atom is -0.493 e. The van der Waals surface area contributed by atoms with Gasteiger partial charge in [-0.25, -0.2) is 23.5 Å². The maximum Gasteiger partial charge on any atom is 0.410 e. The van der Waals surface area contributed by atoms with E-state index in [2.05, 4.69) is 47.5 Å². The molecule has 0 saturated carbocycles. The topological polar surface area (TPSA) is 224 Å². The second kappa shape index (κ2) is 27.2. The number of anilines is 1. The first-order valence-corrected chi connectivity index (χ1v) is 28.2. The molecular formula is C62H75F2N11O8. The molecule has 2 aliphatic rings. The molecule has 4 aromatic carbocycles. The Morgan fingerprint density at radius 3 is 2.34 bits per heavy atom. The lowest BCUT2D eigenvalue weighted by Gasteiger charge is -2.42. The lowest BCUT2D eigenvalue weighted by molar-refractivity contribution is -0.147. The normalized spacial score (nSPS) is 15.7. The number of fused-ring (bicyclic) bond motifs is 2. The van der Waals surface area contributed by atoms with Gasteiger partial charge >= 0.3 is 6.09 Å². The van der Waals surface area contributed by atoms with Crippen molar-refractivity contribution in [1.29, 1.82) is 0 Å². The van der Waals surface area contributed by atoms with Gasteiger partial charge in [-0.3, -0.25) is 24.1 Å². The Hall–Kier alpha value is -8.33. The molecular weight excluding hydrogens is 1060 g/mol. The Bertz CT molecular complexity index is 3240. The van der Waals surface area contributed by atoms with Gasteiger partial charge in [0.25, 0.3) is 5.91 Å². The molecule has 1 unspecified atom stereocenters. The van der Waals surface area contributed by atoms with E-state index in [0.29, 0.717) is 73.6 Å². The zero-order valence-corrected chi connectivity index (χ0v) is 48.5. The van der Waals surface area contributed by atoms with E-state index < -0.39 is 64.6 Å². The van der Waals surface area contributed by atoms with Crippen LogP contribution in [0.5, 0.6) is 5.75 Å². The fourth-order valence-electron chi connectivity index (χ4n) is 10.0. The first kappa shape index (κ1) is 60.8. The van der Waals surface area contributed by atoms with Gasteiger partial charge in [0, 0.05) is 75.7 Å². The second-order valence-electron chi connectivity index (χ2n) is 23.0. The molecule has 0 spiro atoms. The highest BCUT2D eigenvalue weighted by Gasteiger charge is 2.44. The summed E-state index contributed by atoms with van der Waals surface area (Å²) in [7, 11) is 1.48. The number of nitrogens with zero attached hydrogens (tertiary/aromatic N) is 7. The third-order valence-electron chi connectivity index (χ3n) is 14.7. The maximum atomic E-state index is 15.1. The number of aromatic nitrogens is 5. The first-order chi connectivity index (χ1) is 39.6. The number of aryl methyl sites for hydroxylation is 1. The molecule has 1 aliphatic heterocycles. The summed E-state index contributed by atoms with van der Waals surface area (Å²) in [6.07, 6.45) is 6.42. The Morgan fingerprint density at radius 2 is 1.59 bits per heavy atom. The number of nitrogens with one attached hydrogen (secondary N) is 4. The van der Waals surface area contributed by atoms with Gasteiger partial charge in [-0.15, -0.1) is 10.2 Å². The number of rotatable bonds is 22. The molecule has 0 saturated heterocycles. The van der Waals surface area contributed by atoms with E-state index in [0.717, 1.165) is 48.1 Å². The lowest BCUT2D eigenvalue weighted by atomic mass is 9.83. The van der Waals surface area contributed by atoms with E-state index in [4.69, 9.17) is 14.2 Å². The van der Waals surface area contributed by atoms with Gasteiger partial charge in [-0.2, -0.15) is 0 Å². The van der Waals surface area contributed by atoms with E-state index in [1.54, 1.807) is 69.1 Å². The molecule has 0 fully saturated rings. The van der Waals surface area contributed by atoms with Crippen molar-refractivity contribution < 1.29 is 47.0 Å². The fourth-order valence-corrected chi connectivity index (χ4v) is 10.0. The van der Waals surface area contributed by atoms with E-state index >= 15 is 4.79 Å². The first-order valence-electron chi connectivity index (χ1n) is 28.2. The van der Waals surface area contributed by atoms with Crippen molar-refractivity contribution in [3.63, 3.8) is 0 Å². The summed E-state index contributed by atoms with van der Waals surface area (Å²) in [5, 5.41) is 21.0. The summed E-state index contributed by atoms with van der Waals surface area (Å²) in [6.45, 7) is 14.0. The smallest absolute Gasteiger partial charge is 0.410 e. The summed E-state index contributed by atoms with van der Waals surface area (Å²) in [4.78, 5) is 80.8. The van der Waals surface area contributed by atoms with Crippen LogP contribution in [0.2, 0.25) is 0 Å². The number of hydrogen-bond acceptors (Lipinski definition) is 13. The number of halogens is 2. The van der Waals surface area contributed by atoms with E-state index in [1.807, 2.05) is 61.7 Å². The summed E-state index contributed by atoms with van der Waals surface area (Å²) >= 11 is 0. The van der Waals surface area contributed by atoms with Gasteiger partial charge in [0.15, 0.2) is 11.6 Å². The number of hydrogen-bond donors (Lipinski definition) is 4. The zero-order valence-electron chi connectivity index (χ0n) is 48.5. The maximum absolute atomic E-state index is 15.1. The van der Waals surface area contributed by atoms with Gasteiger partial charge in [0.2, 0.25) is 17.7 Å². The molecule has 0 bridgehead atoms. The van der Waals surface area contributed by atoms with Gasteiger partial charge < -0.3 is 44.9 Å². The van der Waals surface area contributed by atoms with Crippen molar-refractivity contribution in [2.45, 2.75) is 143 Å². The Balaban J connectivity index is 0.876. The minimum atomic E-state index is -1.07.